The molecule has 1 saturated carbocycles. The summed E-state index contributed by atoms with van der Waals surface area (Å²) in [6.07, 6.45) is 5.43. The Labute approximate surface area is 102 Å². The van der Waals surface area contributed by atoms with E-state index in [0.29, 0.717) is 0 Å². The third-order valence-corrected chi connectivity index (χ3v) is 3.52. The van der Waals surface area contributed by atoms with Gasteiger partial charge in [-0.15, -0.1) is 0 Å². The zero-order chi connectivity index (χ0) is 11.8. The van der Waals surface area contributed by atoms with Gasteiger partial charge in [0, 0.05) is 18.3 Å². The molecule has 0 spiro atoms. The van der Waals surface area contributed by atoms with Crippen LogP contribution < -0.4 is 0 Å². The Balaban J connectivity index is 1.93. The predicted molar refractivity (Wildman–Crippen MR) is 70.0 cm³/mol. The van der Waals surface area contributed by atoms with Gasteiger partial charge < -0.3 is 9.67 Å². The number of hydrogen-bond acceptors (Lipinski definition) is 1. The summed E-state index contributed by atoms with van der Waals surface area (Å²) in [7, 11) is 0. The van der Waals surface area contributed by atoms with E-state index in [2.05, 4.69) is 35.0 Å². The van der Waals surface area contributed by atoms with Crippen LogP contribution in [-0.2, 0) is 13.0 Å². The highest BCUT2D eigenvalue weighted by Gasteiger charge is 2.22. The Kier molecular flexibility index (Phi) is 2.67. The zero-order valence-electron chi connectivity index (χ0n) is 10.3. The second-order valence-electron chi connectivity index (χ2n) is 5.36. The van der Waals surface area contributed by atoms with E-state index >= 15 is 0 Å². The third-order valence-electron chi connectivity index (χ3n) is 3.52. The van der Waals surface area contributed by atoms with Crippen molar-refractivity contribution in [2.75, 3.05) is 0 Å². The lowest BCUT2D eigenvalue weighted by atomic mass is 10.1. The minimum absolute atomic E-state index is 0.265. The van der Waals surface area contributed by atoms with Gasteiger partial charge in [-0.25, -0.2) is 0 Å². The van der Waals surface area contributed by atoms with Crippen molar-refractivity contribution in [2.24, 2.45) is 5.92 Å². The van der Waals surface area contributed by atoms with E-state index in [1.54, 1.807) is 0 Å². The smallest absolute Gasteiger partial charge is 0.0552 e. The lowest BCUT2D eigenvalue weighted by molar-refractivity contribution is 0.195. The summed E-state index contributed by atoms with van der Waals surface area (Å²) in [5, 5.41) is 10.8. The summed E-state index contributed by atoms with van der Waals surface area (Å²) < 4.78 is 2.36. The number of rotatable bonds is 4. The van der Waals surface area contributed by atoms with Gasteiger partial charge in [-0.3, -0.25) is 0 Å². The van der Waals surface area contributed by atoms with Crippen molar-refractivity contribution in [1.29, 1.82) is 0 Å². The number of aromatic nitrogens is 1. The summed E-state index contributed by atoms with van der Waals surface area (Å²) in [5.74, 6) is 0.894. The molecule has 1 fully saturated rings. The first-order valence-corrected chi connectivity index (χ1v) is 6.48. The number of aliphatic hydroxyl groups excluding tert-OH is 1. The van der Waals surface area contributed by atoms with E-state index in [4.69, 9.17) is 0 Å². The lowest BCUT2D eigenvalue weighted by Gasteiger charge is -2.07. The fourth-order valence-electron chi connectivity index (χ4n) is 2.44. The summed E-state index contributed by atoms with van der Waals surface area (Å²) >= 11 is 0. The fraction of sp³-hybridized carbons (Fsp3) is 0.467. The molecule has 90 valence electrons. The fourth-order valence-corrected chi connectivity index (χ4v) is 2.44. The molecular formula is C15H19NO. The minimum atomic E-state index is -0.265. The summed E-state index contributed by atoms with van der Waals surface area (Å²) in [4.78, 5) is 0. The average molecular weight is 229 g/mol. The van der Waals surface area contributed by atoms with E-state index in [9.17, 15) is 5.11 Å². The molecule has 0 saturated heterocycles. The molecule has 1 unspecified atom stereocenters. The summed E-state index contributed by atoms with van der Waals surface area (Å²) in [6, 6.07) is 8.70. The van der Waals surface area contributed by atoms with Gasteiger partial charge in [0.05, 0.1) is 6.10 Å². The molecule has 0 amide bonds. The van der Waals surface area contributed by atoms with Crippen LogP contribution in [0.25, 0.3) is 10.9 Å². The van der Waals surface area contributed by atoms with Crippen molar-refractivity contribution in [3.8, 4) is 0 Å². The van der Waals surface area contributed by atoms with Crippen LogP contribution in [-0.4, -0.2) is 15.8 Å². The molecule has 2 nitrogen and oxygen atoms in total. The Morgan fingerprint density at radius 1 is 1.35 bits per heavy atom. The van der Waals surface area contributed by atoms with Crippen LogP contribution in [0.5, 0.6) is 0 Å². The molecule has 1 aliphatic rings. The molecule has 1 N–H and O–H groups in total. The molecule has 1 heterocycles. The first kappa shape index (κ1) is 10.8. The van der Waals surface area contributed by atoms with Crippen molar-refractivity contribution in [3.63, 3.8) is 0 Å². The van der Waals surface area contributed by atoms with Crippen LogP contribution in [0.3, 0.4) is 0 Å². The Morgan fingerprint density at radius 2 is 2.18 bits per heavy atom. The molecule has 2 aromatic rings. The first-order chi connectivity index (χ1) is 8.22. The summed E-state index contributed by atoms with van der Waals surface area (Å²) in [6.45, 7) is 3.00. The van der Waals surface area contributed by atoms with Gasteiger partial charge in [0.2, 0.25) is 0 Å². The van der Waals surface area contributed by atoms with Gasteiger partial charge in [-0.1, -0.05) is 12.1 Å². The summed E-state index contributed by atoms with van der Waals surface area (Å²) in [5.41, 5.74) is 2.54. The quantitative estimate of drug-likeness (QED) is 0.856. The first-order valence-electron chi connectivity index (χ1n) is 6.48. The molecule has 1 aliphatic carbocycles. The van der Waals surface area contributed by atoms with Gasteiger partial charge in [0.25, 0.3) is 0 Å². The topological polar surface area (TPSA) is 25.2 Å². The van der Waals surface area contributed by atoms with Crippen LogP contribution in [0.1, 0.15) is 25.3 Å². The number of fused-ring (bicyclic) bond motifs is 1. The monoisotopic (exact) mass is 229 g/mol. The Bertz CT molecular complexity index is 523. The van der Waals surface area contributed by atoms with Crippen LogP contribution in [0.15, 0.2) is 30.5 Å². The normalized spacial score (nSPS) is 17.5. The van der Waals surface area contributed by atoms with Crippen molar-refractivity contribution in [3.05, 3.63) is 36.0 Å². The van der Waals surface area contributed by atoms with Crippen molar-refractivity contribution >= 4 is 10.9 Å². The third kappa shape index (κ3) is 2.37. The standard InChI is InChI=1S/C15H19NO/c1-11(17)8-13-4-5-14-6-7-16(15(14)9-13)10-12-2-3-12/h4-7,9,11-12,17H,2-3,8,10H2,1H3. The van der Waals surface area contributed by atoms with Crippen molar-refractivity contribution in [2.45, 2.75) is 38.8 Å². The van der Waals surface area contributed by atoms with Crippen molar-refractivity contribution < 1.29 is 5.11 Å². The van der Waals surface area contributed by atoms with E-state index in [0.717, 1.165) is 18.9 Å². The SMILES string of the molecule is CC(O)Cc1ccc2ccn(CC3CC3)c2c1. The maximum absolute atomic E-state index is 9.45. The van der Waals surface area contributed by atoms with Gasteiger partial charge in [-0.2, -0.15) is 0 Å². The number of hydrogen-bond donors (Lipinski definition) is 1. The molecular weight excluding hydrogens is 210 g/mol. The number of benzene rings is 1. The maximum Gasteiger partial charge on any atom is 0.0552 e. The molecule has 0 aliphatic heterocycles. The largest absolute Gasteiger partial charge is 0.393 e. The zero-order valence-corrected chi connectivity index (χ0v) is 10.3. The second kappa shape index (κ2) is 4.19. The van der Waals surface area contributed by atoms with Crippen LogP contribution in [0, 0.1) is 5.92 Å². The molecule has 0 radical (unpaired) electrons. The van der Waals surface area contributed by atoms with E-state index < -0.39 is 0 Å². The molecule has 1 aromatic carbocycles. The van der Waals surface area contributed by atoms with Crippen LogP contribution in [0.4, 0.5) is 0 Å². The highest BCUT2D eigenvalue weighted by molar-refractivity contribution is 5.80. The van der Waals surface area contributed by atoms with Gasteiger partial charge >= 0.3 is 0 Å². The molecule has 2 heteroatoms. The second-order valence-corrected chi connectivity index (χ2v) is 5.36. The van der Waals surface area contributed by atoms with Gasteiger partial charge in [0.1, 0.15) is 0 Å². The van der Waals surface area contributed by atoms with Gasteiger partial charge in [-0.05, 0) is 55.2 Å². The lowest BCUT2D eigenvalue weighted by Crippen LogP contribution is -2.04. The Morgan fingerprint density at radius 3 is 2.88 bits per heavy atom. The molecule has 1 aromatic heterocycles. The van der Waals surface area contributed by atoms with E-state index in [1.807, 2.05) is 6.92 Å². The molecule has 1 atom stereocenters. The molecule has 3 rings (SSSR count). The van der Waals surface area contributed by atoms with Crippen molar-refractivity contribution in [1.82, 2.24) is 4.57 Å². The predicted octanol–water partition coefficient (Wildman–Crippen LogP) is 2.97. The minimum Gasteiger partial charge on any atom is -0.393 e. The average Bonchev–Trinajstić information content (AvgIpc) is 3.00. The number of nitrogens with zero attached hydrogens (tertiary/aromatic N) is 1. The molecule has 17 heavy (non-hydrogen) atoms. The maximum atomic E-state index is 9.45. The van der Waals surface area contributed by atoms with E-state index in [1.165, 1.54) is 29.3 Å². The Hall–Kier alpha value is -1.28. The van der Waals surface area contributed by atoms with Crippen LogP contribution in [0.2, 0.25) is 0 Å². The number of aliphatic hydroxyl groups is 1. The molecule has 0 bridgehead atoms. The highest BCUT2D eigenvalue weighted by atomic mass is 16.3. The highest BCUT2D eigenvalue weighted by Crippen LogP contribution is 2.32. The van der Waals surface area contributed by atoms with Gasteiger partial charge in [0.15, 0.2) is 0 Å². The van der Waals surface area contributed by atoms with Crippen LogP contribution >= 0.6 is 0 Å². The van der Waals surface area contributed by atoms with E-state index in [-0.39, 0.29) is 6.10 Å².